The van der Waals surface area contributed by atoms with Gasteiger partial charge in [0.15, 0.2) is 0 Å². The van der Waals surface area contributed by atoms with Crippen molar-refractivity contribution in [2.75, 3.05) is 0 Å². The Morgan fingerprint density at radius 1 is 1.10 bits per heavy atom. The lowest BCUT2D eigenvalue weighted by atomic mass is 10.0. The molecule has 2 aromatic heterocycles. The van der Waals surface area contributed by atoms with Crippen LogP contribution in [0.1, 0.15) is 35.1 Å². The number of imidazole rings is 1. The van der Waals surface area contributed by atoms with Crippen LogP contribution in [0.2, 0.25) is 0 Å². The molecule has 0 unspecified atom stereocenters. The van der Waals surface area contributed by atoms with Crippen LogP contribution in [0, 0.1) is 19.7 Å². The highest BCUT2D eigenvalue weighted by atomic mass is 19.3. The number of benzene rings is 2. The fraction of sp³-hybridized carbons (Fsp3) is 0.250. The quantitative estimate of drug-likeness (QED) is 0.405. The fourth-order valence-electron chi connectivity index (χ4n) is 4.46. The maximum atomic E-state index is 15.0. The van der Waals surface area contributed by atoms with Crippen molar-refractivity contribution in [3.8, 4) is 16.9 Å². The molecule has 0 aliphatic carbocycles. The number of halogens is 3. The van der Waals surface area contributed by atoms with E-state index in [1.54, 1.807) is 36.5 Å². The summed E-state index contributed by atoms with van der Waals surface area (Å²) in [5, 5.41) is 0. The molecule has 2 aromatic carbocycles. The Kier molecular flexibility index (Phi) is 4.68. The van der Waals surface area contributed by atoms with Crippen molar-refractivity contribution in [1.82, 2.24) is 14.5 Å². The second kappa shape index (κ2) is 7.41. The third-order valence-electron chi connectivity index (χ3n) is 5.81. The number of aryl methyl sites for hydroxylation is 3. The largest absolute Gasteiger partial charge is 0.434 e. The summed E-state index contributed by atoms with van der Waals surface area (Å²) in [4.78, 5) is 8.97. The zero-order valence-corrected chi connectivity index (χ0v) is 17.1. The number of ether oxygens (including phenoxy) is 1. The Morgan fingerprint density at radius 2 is 1.90 bits per heavy atom. The van der Waals surface area contributed by atoms with Crippen molar-refractivity contribution in [2.45, 2.75) is 39.3 Å². The molecule has 0 N–H and O–H groups in total. The predicted molar refractivity (Wildman–Crippen MR) is 112 cm³/mol. The number of fused-ring (bicyclic) bond motifs is 3. The van der Waals surface area contributed by atoms with E-state index in [4.69, 9.17) is 4.74 Å². The number of aromatic nitrogens is 3. The molecule has 0 saturated carbocycles. The first-order valence-electron chi connectivity index (χ1n) is 10.1. The van der Waals surface area contributed by atoms with Gasteiger partial charge in [0.1, 0.15) is 17.4 Å². The zero-order valence-electron chi connectivity index (χ0n) is 17.1. The number of alkyl halides is 2. The molecule has 5 rings (SSSR count). The summed E-state index contributed by atoms with van der Waals surface area (Å²) in [6.07, 6.45) is 3.13. The van der Waals surface area contributed by atoms with E-state index in [-0.39, 0.29) is 17.6 Å². The monoisotopic (exact) mass is 423 g/mol. The van der Waals surface area contributed by atoms with Crippen molar-refractivity contribution in [3.63, 3.8) is 0 Å². The van der Waals surface area contributed by atoms with Gasteiger partial charge in [-0.1, -0.05) is 18.2 Å². The van der Waals surface area contributed by atoms with Crippen LogP contribution in [-0.4, -0.2) is 21.1 Å². The van der Waals surface area contributed by atoms with Gasteiger partial charge >= 0.3 is 6.61 Å². The molecule has 0 bridgehead atoms. The zero-order chi connectivity index (χ0) is 21.7. The predicted octanol–water partition coefficient (Wildman–Crippen LogP) is 5.99. The smallest absolute Gasteiger partial charge is 0.387 e. The number of nitrogens with zero attached hydrogens (tertiary/aromatic N) is 3. The Hall–Kier alpha value is -3.35. The highest BCUT2D eigenvalue weighted by molar-refractivity contribution is 5.84. The van der Waals surface area contributed by atoms with E-state index in [1.807, 2.05) is 24.5 Å². The second-order valence-corrected chi connectivity index (χ2v) is 7.84. The maximum Gasteiger partial charge on any atom is 0.387 e. The highest BCUT2D eigenvalue weighted by Gasteiger charge is 2.30. The molecule has 7 heteroatoms. The van der Waals surface area contributed by atoms with Crippen molar-refractivity contribution in [2.24, 2.45) is 0 Å². The minimum absolute atomic E-state index is 0.151. The summed E-state index contributed by atoms with van der Waals surface area (Å²) >= 11 is 0. The van der Waals surface area contributed by atoms with Gasteiger partial charge < -0.3 is 9.30 Å². The van der Waals surface area contributed by atoms with E-state index >= 15 is 4.39 Å². The minimum Gasteiger partial charge on any atom is -0.434 e. The van der Waals surface area contributed by atoms with Crippen LogP contribution in [-0.2, 0) is 6.42 Å². The highest BCUT2D eigenvalue weighted by Crippen LogP contribution is 2.41. The fourth-order valence-corrected chi connectivity index (χ4v) is 4.46. The van der Waals surface area contributed by atoms with Crippen LogP contribution >= 0.6 is 0 Å². The van der Waals surface area contributed by atoms with Gasteiger partial charge in [-0.05, 0) is 44.0 Å². The Balaban J connectivity index is 1.68. The third kappa shape index (κ3) is 3.34. The molecule has 4 aromatic rings. The van der Waals surface area contributed by atoms with Crippen molar-refractivity contribution in [3.05, 3.63) is 77.1 Å². The van der Waals surface area contributed by atoms with E-state index in [1.165, 1.54) is 6.07 Å². The SMILES string of the molecule is Cc1cnc(C)c(-c2cc3c(cc2F)nc2n3[C@H](c3ccccc3OC(F)F)CC2)c1. The average molecular weight is 423 g/mol. The number of hydrogen-bond acceptors (Lipinski definition) is 3. The van der Waals surface area contributed by atoms with Gasteiger partial charge in [-0.2, -0.15) is 8.78 Å². The minimum atomic E-state index is -2.90. The van der Waals surface area contributed by atoms with Crippen molar-refractivity contribution >= 4 is 11.0 Å². The lowest BCUT2D eigenvalue weighted by Crippen LogP contribution is -2.10. The van der Waals surface area contributed by atoms with Gasteiger partial charge in [0, 0.05) is 41.1 Å². The lowest BCUT2D eigenvalue weighted by Gasteiger charge is -2.19. The first-order chi connectivity index (χ1) is 14.9. The molecule has 1 aliphatic rings. The lowest BCUT2D eigenvalue weighted by molar-refractivity contribution is -0.0506. The molecule has 0 spiro atoms. The van der Waals surface area contributed by atoms with Gasteiger partial charge in [-0.25, -0.2) is 9.37 Å². The van der Waals surface area contributed by atoms with Gasteiger partial charge in [-0.15, -0.1) is 0 Å². The van der Waals surface area contributed by atoms with Crippen LogP contribution in [0.4, 0.5) is 13.2 Å². The number of rotatable bonds is 4. The molecule has 1 aliphatic heterocycles. The summed E-state index contributed by atoms with van der Waals surface area (Å²) in [7, 11) is 0. The Labute approximate surface area is 177 Å². The molecule has 1 atom stereocenters. The van der Waals surface area contributed by atoms with E-state index < -0.39 is 6.61 Å². The van der Waals surface area contributed by atoms with Crippen LogP contribution in [0.5, 0.6) is 5.75 Å². The van der Waals surface area contributed by atoms with Crippen molar-refractivity contribution < 1.29 is 17.9 Å². The molecular weight excluding hydrogens is 403 g/mol. The van der Waals surface area contributed by atoms with E-state index in [9.17, 15) is 8.78 Å². The average Bonchev–Trinajstić information content (AvgIpc) is 3.28. The Morgan fingerprint density at radius 3 is 2.71 bits per heavy atom. The molecule has 158 valence electrons. The summed E-state index contributed by atoms with van der Waals surface area (Å²) < 4.78 is 47.7. The standard InChI is InChI=1S/C24H20F3N3O/c1-13-9-16(14(2)28-12-13)17-10-21-19(11-18(17)25)29-23-8-7-20(30(21)23)15-5-3-4-6-22(15)31-24(26)27/h3-6,9-12,20,24H,7-8H2,1-2H3/t20-/m0/s1. The molecule has 0 saturated heterocycles. The summed E-state index contributed by atoms with van der Waals surface area (Å²) in [5.41, 5.74) is 4.83. The molecular formula is C24H20F3N3O. The summed E-state index contributed by atoms with van der Waals surface area (Å²) in [6, 6.07) is 11.7. The topological polar surface area (TPSA) is 39.9 Å². The number of para-hydroxylation sites is 1. The third-order valence-corrected chi connectivity index (χ3v) is 5.81. The second-order valence-electron chi connectivity index (χ2n) is 7.84. The Bertz CT molecular complexity index is 1300. The van der Waals surface area contributed by atoms with E-state index in [2.05, 4.69) is 9.97 Å². The van der Waals surface area contributed by atoms with Gasteiger partial charge in [0.2, 0.25) is 0 Å². The van der Waals surface area contributed by atoms with Crippen LogP contribution in [0.15, 0.2) is 48.7 Å². The van der Waals surface area contributed by atoms with Crippen molar-refractivity contribution in [1.29, 1.82) is 0 Å². The molecule has 31 heavy (non-hydrogen) atoms. The van der Waals surface area contributed by atoms with Gasteiger partial charge in [-0.3, -0.25) is 4.98 Å². The normalized spacial score (nSPS) is 15.6. The van der Waals surface area contributed by atoms with Crippen LogP contribution in [0.3, 0.4) is 0 Å². The van der Waals surface area contributed by atoms with E-state index in [0.717, 1.165) is 28.2 Å². The van der Waals surface area contributed by atoms with Gasteiger partial charge in [0.05, 0.1) is 17.1 Å². The molecule has 0 radical (unpaired) electrons. The van der Waals surface area contributed by atoms with Gasteiger partial charge in [0.25, 0.3) is 0 Å². The van der Waals surface area contributed by atoms with Crippen LogP contribution in [0.25, 0.3) is 22.2 Å². The van der Waals surface area contributed by atoms with E-state index in [0.29, 0.717) is 29.5 Å². The molecule has 4 nitrogen and oxygen atoms in total. The van der Waals surface area contributed by atoms with Crippen LogP contribution < -0.4 is 4.74 Å². The molecule has 0 amide bonds. The molecule has 3 heterocycles. The summed E-state index contributed by atoms with van der Waals surface area (Å²) in [6.45, 7) is 0.859. The number of hydrogen-bond donors (Lipinski definition) is 0. The maximum absolute atomic E-state index is 15.0. The molecule has 0 fully saturated rings. The summed E-state index contributed by atoms with van der Waals surface area (Å²) in [5.74, 6) is 0.596. The first kappa shape index (κ1) is 19.6. The first-order valence-corrected chi connectivity index (χ1v) is 10.1. The number of pyridine rings is 1.